The lowest BCUT2D eigenvalue weighted by atomic mass is 9.79. The Kier molecular flexibility index (Phi) is 3.70. The van der Waals surface area contributed by atoms with Crippen molar-refractivity contribution < 1.29 is 14.6 Å². The number of carbonyl (C=O) groups excluding carboxylic acids is 1. The highest BCUT2D eigenvalue weighted by Gasteiger charge is 2.68. The highest BCUT2D eigenvalue weighted by Crippen LogP contribution is 2.52. The first-order valence-corrected chi connectivity index (χ1v) is 8.37. The first kappa shape index (κ1) is 17.1. The number of nitro benzene ring substituents is 1. The lowest BCUT2D eigenvalue weighted by Gasteiger charge is -2.30. The van der Waals surface area contributed by atoms with Crippen LogP contribution in [0.3, 0.4) is 0 Å². The van der Waals surface area contributed by atoms with Gasteiger partial charge in [0.2, 0.25) is 0 Å². The van der Waals surface area contributed by atoms with E-state index in [0.29, 0.717) is 16.8 Å². The molecule has 1 spiro atoms. The molecule has 2 aromatic rings. The number of carbonyl (C=O) groups is 1. The summed E-state index contributed by atoms with van der Waals surface area (Å²) >= 11 is 0. The van der Waals surface area contributed by atoms with Gasteiger partial charge in [0.1, 0.15) is 0 Å². The molecule has 0 bridgehead atoms. The lowest BCUT2D eigenvalue weighted by Crippen LogP contribution is -2.54. The summed E-state index contributed by atoms with van der Waals surface area (Å²) in [5, 5.41) is 26.0. The molecule has 2 aliphatic rings. The van der Waals surface area contributed by atoms with Gasteiger partial charge in [-0.15, -0.1) is 0 Å². The van der Waals surface area contributed by atoms with Gasteiger partial charge in [0.05, 0.1) is 10.8 Å². The second-order valence-electron chi connectivity index (χ2n) is 6.84. The van der Waals surface area contributed by atoms with Crippen molar-refractivity contribution in [3.8, 4) is 0 Å². The summed E-state index contributed by atoms with van der Waals surface area (Å²) in [6, 6.07) is 11.5. The molecule has 1 N–H and O–H groups in total. The van der Waals surface area contributed by atoms with Crippen LogP contribution >= 0.6 is 0 Å². The number of hydrogen-bond donors (Lipinski definition) is 1. The second-order valence-corrected chi connectivity index (χ2v) is 6.84. The van der Waals surface area contributed by atoms with Crippen LogP contribution in [0.15, 0.2) is 48.5 Å². The van der Waals surface area contributed by atoms with Crippen LogP contribution in [-0.2, 0) is 10.3 Å². The Labute approximate surface area is 153 Å². The smallest absolute Gasteiger partial charge is 0.269 e. The van der Waals surface area contributed by atoms with Gasteiger partial charge in [0.25, 0.3) is 17.6 Å². The number of likely N-dealkylation sites (tertiary alicyclic amines) is 1. The minimum absolute atomic E-state index is 0.130. The molecule has 2 aromatic carbocycles. The third-order valence-electron chi connectivity index (χ3n) is 5.55. The van der Waals surface area contributed by atoms with E-state index in [-0.39, 0.29) is 12.2 Å². The van der Waals surface area contributed by atoms with Crippen molar-refractivity contribution in [3.63, 3.8) is 0 Å². The van der Waals surface area contributed by atoms with Crippen LogP contribution in [0.2, 0.25) is 0 Å². The molecule has 27 heavy (non-hydrogen) atoms. The van der Waals surface area contributed by atoms with E-state index in [4.69, 9.17) is 0 Å². The molecule has 0 unspecified atom stereocenters. The quantitative estimate of drug-likeness (QED) is 0.655. The number of likely N-dealkylation sites (N-methyl/N-ethyl adjacent to an activating group) is 1. The normalized spacial score (nSPS) is 26.8. The van der Waals surface area contributed by atoms with E-state index in [1.807, 2.05) is 0 Å². The highest BCUT2D eigenvalue weighted by molar-refractivity contribution is 6.06. The summed E-state index contributed by atoms with van der Waals surface area (Å²) in [5.74, 6) is -1.11. The van der Waals surface area contributed by atoms with Crippen LogP contribution in [0.5, 0.6) is 0 Å². The Morgan fingerprint density at radius 3 is 2.59 bits per heavy atom. The van der Waals surface area contributed by atoms with Gasteiger partial charge >= 0.3 is 0 Å². The predicted molar refractivity (Wildman–Crippen MR) is 96.0 cm³/mol. The van der Waals surface area contributed by atoms with E-state index >= 15 is 0 Å². The molecule has 9 nitrogen and oxygen atoms in total. The number of hydrogen-bond acceptors (Lipinski definition) is 6. The van der Waals surface area contributed by atoms with E-state index in [2.05, 4.69) is 5.32 Å². The molecule has 2 heterocycles. The molecule has 0 saturated carbocycles. The van der Waals surface area contributed by atoms with Crippen LogP contribution in [0.1, 0.15) is 17.0 Å². The van der Waals surface area contributed by atoms with Gasteiger partial charge in [-0.05, 0) is 18.7 Å². The van der Waals surface area contributed by atoms with Crippen LogP contribution in [0.25, 0.3) is 0 Å². The molecule has 138 valence electrons. The van der Waals surface area contributed by atoms with Gasteiger partial charge in [0.15, 0.2) is 5.54 Å². The highest BCUT2D eigenvalue weighted by atomic mass is 16.6. The van der Waals surface area contributed by atoms with Crippen molar-refractivity contribution in [2.75, 3.05) is 18.9 Å². The number of para-hydroxylation sites is 1. The third-order valence-corrected chi connectivity index (χ3v) is 5.55. The number of fused-ring (bicyclic) bond motifs is 2. The van der Waals surface area contributed by atoms with Crippen molar-refractivity contribution in [2.45, 2.75) is 17.5 Å². The fourth-order valence-electron chi connectivity index (χ4n) is 4.45. The summed E-state index contributed by atoms with van der Waals surface area (Å²) < 4.78 is 0. The standard InChI is InChI=1S/C18H16N4O5/c1-20-10-13(11-5-4-6-12(9-11)21(24)25)16(22(26)27)18(20)14-7-2-3-8-15(14)19-17(18)23/h2-9,13,16H,10H2,1H3,(H,19,23)/t13-,16-,18+/m1/s1. The van der Waals surface area contributed by atoms with Gasteiger partial charge in [-0.3, -0.25) is 29.9 Å². The van der Waals surface area contributed by atoms with Gasteiger partial charge in [0, 0.05) is 34.9 Å². The second kappa shape index (κ2) is 5.85. The Bertz CT molecular complexity index is 978. The largest absolute Gasteiger partial charge is 0.324 e. The zero-order chi connectivity index (χ0) is 19.3. The average Bonchev–Trinajstić information content (AvgIpc) is 3.11. The number of amides is 1. The van der Waals surface area contributed by atoms with Crippen LogP contribution in [0, 0.1) is 20.2 Å². The van der Waals surface area contributed by atoms with E-state index in [1.165, 1.54) is 18.2 Å². The maximum absolute atomic E-state index is 13.0. The van der Waals surface area contributed by atoms with Crippen molar-refractivity contribution in [1.82, 2.24) is 4.90 Å². The molecule has 9 heteroatoms. The number of benzene rings is 2. The van der Waals surface area contributed by atoms with Gasteiger partial charge < -0.3 is 5.32 Å². The van der Waals surface area contributed by atoms with Crippen LogP contribution in [-0.4, -0.2) is 40.3 Å². The van der Waals surface area contributed by atoms with Crippen molar-refractivity contribution in [1.29, 1.82) is 0 Å². The lowest BCUT2D eigenvalue weighted by molar-refractivity contribution is -0.534. The topological polar surface area (TPSA) is 119 Å². The molecule has 0 aromatic heterocycles. The van der Waals surface area contributed by atoms with Crippen molar-refractivity contribution in [2.24, 2.45) is 0 Å². The summed E-state index contributed by atoms with van der Waals surface area (Å²) in [4.78, 5) is 36.9. The minimum atomic E-state index is -1.45. The molecule has 1 amide bonds. The van der Waals surface area contributed by atoms with Crippen molar-refractivity contribution >= 4 is 17.3 Å². The summed E-state index contributed by atoms with van der Waals surface area (Å²) in [6.07, 6.45) is 0. The minimum Gasteiger partial charge on any atom is -0.324 e. The van der Waals surface area contributed by atoms with Crippen LogP contribution in [0.4, 0.5) is 11.4 Å². The number of non-ortho nitro benzene ring substituents is 1. The third kappa shape index (κ3) is 2.25. The fraction of sp³-hybridized carbons (Fsp3) is 0.278. The number of anilines is 1. The monoisotopic (exact) mass is 368 g/mol. The summed E-state index contributed by atoms with van der Waals surface area (Å²) in [6.45, 7) is 0.231. The zero-order valence-corrected chi connectivity index (χ0v) is 14.4. The van der Waals surface area contributed by atoms with Crippen molar-refractivity contribution in [3.05, 3.63) is 79.9 Å². The molecule has 4 rings (SSSR count). The van der Waals surface area contributed by atoms with E-state index in [9.17, 15) is 25.0 Å². The molecule has 0 aliphatic carbocycles. The average molecular weight is 368 g/mol. The Balaban J connectivity index is 1.89. The predicted octanol–water partition coefficient (Wildman–Crippen LogP) is 2.12. The Hall–Kier alpha value is -3.33. The molecule has 1 fully saturated rings. The summed E-state index contributed by atoms with van der Waals surface area (Å²) in [7, 11) is 1.68. The number of rotatable bonds is 3. The first-order chi connectivity index (χ1) is 12.9. The van der Waals surface area contributed by atoms with Gasteiger partial charge in [-0.1, -0.05) is 30.3 Å². The SMILES string of the molecule is CN1C[C@H](c2cccc([N+](=O)[O-])c2)[C@@H]([N+](=O)[O-])[C@@]12C(=O)Nc1ccccc12. The summed E-state index contributed by atoms with van der Waals surface area (Å²) in [5.41, 5.74) is 0.0179. The number of nitrogens with zero attached hydrogens (tertiary/aromatic N) is 3. The van der Waals surface area contributed by atoms with E-state index in [0.717, 1.165) is 0 Å². The maximum atomic E-state index is 13.0. The Morgan fingerprint density at radius 2 is 1.89 bits per heavy atom. The van der Waals surface area contributed by atoms with E-state index in [1.54, 1.807) is 42.3 Å². The first-order valence-electron chi connectivity index (χ1n) is 8.37. The molecule has 3 atom stereocenters. The molecule has 2 aliphatic heterocycles. The fourth-order valence-corrected chi connectivity index (χ4v) is 4.45. The van der Waals surface area contributed by atoms with E-state index < -0.39 is 33.3 Å². The Morgan fingerprint density at radius 1 is 1.15 bits per heavy atom. The molecular formula is C18H16N4O5. The molecule has 1 saturated heterocycles. The van der Waals surface area contributed by atoms with Gasteiger partial charge in [-0.25, -0.2) is 0 Å². The number of nitro groups is 2. The molecule has 0 radical (unpaired) electrons. The van der Waals surface area contributed by atoms with Crippen LogP contribution < -0.4 is 5.32 Å². The van der Waals surface area contributed by atoms with Gasteiger partial charge in [-0.2, -0.15) is 0 Å². The number of nitrogens with one attached hydrogen (secondary N) is 1. The zero-order valence-electron chi connectivity index (χ0n) is 14.4. The molecular weight excluding hydrogens is 352 g/mol. The maximum Gasteiger partial charge on any atom is 0.269 e.